The van der Waals surface area contributed by atoms with Crippen LogP contribution in [0.15, 0.2) is 243 Å². The van der Waals surface area contributed by atoms with Gasteiger partial charge in [-0.25, -0.2) is 0 Å². The first-order chi connectivity index (χ1) is 28.2. The molecule has 0 N–H and O–H groups in total. The minimum atomic E-state index is -3.10. The zero-order chi connectivity index (χ0) is 38.5. The van der Waals surface area contributed by atoms with Crippen LogP contribution in [0.4, 0.5) is 0 Å². The summed E-state index contributed by atoms with van der Waals surface area (Å²) >= 11 is -3.10. The molecular formula is C52H48P4Pt. The first-order valence-corrected chi connectivity index (χ1v) is 36.6. The van der Waals surface area contributed by atoms with E-state index in [2.05, 4.69) is 243 Å². The molecule has 8 aromatic carbocycles. The van der Waals surface area contributed by atoms with Crippen LogP contribution in [0.3, 0.4) is 0 Å². The Labute approximate surface area is 348 Å². The predicted octanol–water partition coefficient (Wildman–Crippen LogP) is 15.7. The molecule has 0 bridgehead atoms. The van der Waals surface area contributed by atoms with Crippen LogP contribution in [0.25, 0.3) is 0 Å². The first-order valence-electron chi connectivity index (χ1n) is 19.4. The summed E-state index contributed by atoms with van der Waals surface area (Å²) in [6, 6.07) is 91.8. The van der Waals surface area contributed by atoms with Gasteiger partial charge in [-0.2, -0.15) is 0 Å². The fourth-order valence-corrected chi connectivity index (χ4v) is 69.8. The standard InChI is InChI=1S/4C13H12P.Pt/c4*14-13(11-7-3-1-4-8-11)12-9-5-2-6-10-12;/h4*1-10,13-14H;/q4*-1;+4. The molecule has 286 valence electrons. The molecular weight excluding hydrogens is 944 g/mol. The van der Waals surface area contributed by atoms with Gasteiger partial charge < -0.3 is 0 Å². The molecule has 0 radical (unpaired) electrons. The Morgan fingerprint density at radius 2 is 0.316 bits per heavy atom. The molecule has 0 saturated carbocycles. The van der Waals surface area contributed by atoms with Crippen LogP contribution in [0.2, 0.25) is 0 Å². The van der Waals surface area contributed by atoms with Crippen molar-refractivity contribution in [2.24, 2.45) is 0 Å². The third-order valence-corrected chi connectivity index (χ3v) is 61.0. The molecule has 0 heterocycles. The molecule has 5 heteroatoms. The molecule has 0 fully saturated rings. The van der Waals surface area contributed by atoms with Crippen LogP contribution >= 0.6 is 26.7 Å². The zero-order valence-electron chi connectivity index (χ0n) is 31.7. The molecule has 4 atom stereocenters. The normalized spacial score (nSPS) is 14.0. The second-order valence-corrected chi connectivity index (χ2v) is 59.2. The van der Waals surface area contributed by atoms with Gasteiger partial charge >= 0.3 is 351 Å². The summed E-state index contributed by atoms with van der Waals surface area (Å²) in [6.45, 7) is 3.22. The van der Waals surface area contributed by atoms with Gasteiger partial charge in [-0.05, 0) is 0 Å². The van der Waals surface area contributed by atoms with Gasteiger partial charge in [-0.15, -0.1) is 0 Å². The van der Waals surface area contributed by atoms with Crippen molar-refractivity contribution in [1.29, 1.82) is 0 Å². The van der Waals surface area contributed by atoms with Crippen molar-refractivity contribution >= 4 is 26.7 Å². The Balaban J connectivity index is 1.40. The van der Waals surface area contributed by atoms with Crippen molar-refractivity contribution < 1.29 is 14.0 Å². The maximum absolute atomic E-state index is 3.10. The molecule has 0 aromatic heterocycles. The molecule has 57 heavy (non-hydrogen) atoms. The van der Waals surface area contributed by atoms with E-state index in [0.717, 1.165) is 26.7 Å². The first kappa shape index (κ1) is 40.0. The van der Waals surface area contributed by atoms with Crippen LogP contribution in [-0.2, 0) is 14.0 Å². The minimum absolute atomic E-state index is 0.322. The van der Waals surface area contributed by atoms with Crippen LogP contribution in [0.1, 0.15) is 67.1 Å². The molecule has 0 saturated heterocycles. The van der Waals surface area contributed by atoms with Crippen molar-refractivity contribution in [3.05, 3.63) is 287 Å². The summed E-state index contributed by atoms with van der Waals surface area (Å²) in [7, 11) is 0. The van der Waals surface area contributed by atoms with Gasteiger partial charge in [0, 0.05) is 0 Å². The average molecular weight is 992 g/mol. The SMILES string of the molecule is c1ccc(C([PH][Pt]([PH]C(c2ccccc2)c2ccccc2)([PH]C(c2ccccc2)c2ccccc2)[PH]C(c2ccccc2)c2ccccc2)c2ccccc2)cc1. The molecule has 0 aliphatic carbocycles. The molecule has 0 nitrogen and oxygen atoms in total. The van der Waals surface area contributed by atoms with Gasteiger partial charge in [0.15, 0.2) is 0 Å². The predicted molar refractivity (Wildman–Crippen MR) is 252 cm³/mol. The second kappa shape index (κ2) is 20.2. The van der Waals surface area contributed by atoms with E-state index in [-0.39, 0.29) is 0 Å². The third kappa shape index (κ3) is 10.4. The Morgan fingerprint density at radius 1 is 0.193 bits per heavy atom. The van der Waals surface area contributed by atoms with E-state index in [1.54, 1.807) is 0 Å². The van der Waals surface area contributed by atoms with Crippen LogP contribution in [-0.4, -0.2) is 0 Å². The van der Waals surface area contributed by atoms with E-state index in [1.165, 1.54) is 44.5 Å². The molecule has 4 unspecified atom stereocenters. The maximum atomic E-state index is 2.40. The van der Waals surface area contributed by atoms with Crippen molar-refractivity contribution in [2.45, 2.75) is 22.6 Å². The van der Waals surface area contributed by atoms with Gasteiger partial charge in [0.05, 0.1) is 0 Å². The summed E-state index contributed by atoms with van der Waals surface area (Å²) in [4.78, 5) is 0. The monoisotopic (exact) mass is 991 g/mol. The quantitative estimate of drug-likeness (QED) is 0.0847. The summed E-state index contributed by atoms with van der Waals surface area (Å²) in [5.74, 6) is 0. The Kier molecular flexibility index (Phi) is 14.2. The Hall–Kier alpha value is -3.83. The van der Waals surface area contributed by atoms with Crippen molar-refractivity contribution in [2.75, 3.05) is 0 Å². The van der Waals surface area contributed by atoms with Crippen molar-refractivity contribution in [1.82, 2.24) is 0 Å². The topological polar surface area (TPSA) is 0 Å². The summed E-state index contributed by atoms with van der Waals surface area (Å²) in [6.07, 6.45) is 0. The molecule has 0 aliphatic rings. The van der Waals surface area contributed by atoms with E-state index in [9.17, 15) is 0 Å². The van der Waals surface area contributed by atoms with Crippen LogP contribution in [0.5, 0.6) is 0 Å². The van der Waals surface area contributed by atoms with Gasteiger partial charge in [-0.1, -0.05) is 0 Å². The fraction of sp³-hybridized carbons (Fsp3) is 0.0769. The Morgan fingerprint density at radius 3 is 0.439 bits per heavy atom. The molecule has 0 amide bonds. The third-order valence-electron chi connectivity index (χ3n) is 9.98. The second-order valence-electron chi connectivity index (χ2n) is 13.9. The number of hydrogen-bond donors (Lipinski definition) is 0. The summed E-state index contributed by atoms with van der Waals surface area (Å²) < 4.78 is 0. The fourth-order valence-electron chi connectivity index (χ4n) is 7.06. The van der Waals surface area contributed by atoms with Crippen LogP contribution in [0, 0.1) is 0 Å². The van der Waals surface area contributed by atoms with Crippen molar-refractivity contribution in [3.63, 3.8) is 0 Å². The van der Waals surface area contributed by atoms with E-state index < -0.39 is 14.0 Å². The van der Waals surface area contributed by atoms with Gasteiger partial charge in [-0.3, -0.25) is 0 Å². The van der Waals surface area contributed by atoms with Gasteiger partial charge in [0.25, 0.3) is 0 Å². The molecule has 0 aliphatic heterocycles. The van der Waals surface area contributed by atoms with Gasteiger partial charge in [0.1, 0.15) is 0 Å². The van der Waals surface area contributed by atoms with E-state index >= 15 is 0 Å². The summed E-state index contributed by atoms with van der Waals surface area (Å²) in [5.41, 5.74) is 12.8. The van der Waals surface area contributed by atoms with Gasteiger partial charge in [0.2, 0.25) is 0 Å². The van der Waals surface area contributed by atoms with Crippen molar-refractivity contribution in [3.8, 4) is 0 Å². The number of hydrogen-bond acceptors (Lipinski definition) is 0. The summed E-state index contributed by atoms with van der Waals surface area (Å²) in [5, 5.41) is 0. The van der Waals surface area contributed by atoms with E-state index in [0.29, 0.717) is 22.6 Å². The molecule has 8 rings (SSSR count). The average Bonchev–Trinajstić information content (AvgIpc) is 3.31. The molecule has 8 aromatic rings. The van der Waals surface area contributed by atoms with Crippen LogP contribution < -0.4 is 0 Å². The zero-order valence-corrected chi connectivity index (χ0v) is 38.0. The van der Waals surface area contributed by atoms with E-state index in [1.807, 2.05) is 0 Å². The number of benzene rings is 8. The molecule has 0 spiro atoms. The number of rotatable bonds is 16. The Bertz CT molecular complexity index is 1850. The van der Waals surface area contributed by atoms with E-state index in [4.69, 9.17) is 0 Å².